The average molecular weight is 469 g/mol. The van der Waals surface area contributed by atoms with Gasteiger partial charge in [-0.1, -0.05) is 29.3 Å². The molecule has 0 saturated heterocycles. The maximum absolute atomic E-state index is 12.8. The third kappa shape index (κ3) is 5.41. The maximum Gasteiger partial charge on any atom is 0.341 e. The summed E-state index contributed by atoms with van der Waals surface area (Å²) in [4.78, 5) is 39.6. The zero-order chi connectivity index (χ0) is 22.4. The number of esters is 1. The van der Waals surface area contributed by atoms with Crippen LogP contribution in [0.4, 0.5) is 5.00 Å². The highest BCUT2D eigenvalue weighted by atomic mass is 35.5. The van der Waals surface area contributed by atoms with E-state index >= 15 is 0 Å². The number of carbonyl (C=O) groups is 3. The van der Waals surface area contributed by atoms with Crippen molar-refractivity contribution < 1.29 is 19.1 Å². The van der Waals surface area contributed by atoms with Crippen LogP contribution in [0.3, 0.4) is 0 Å². The number of hydrogen-bond donors (Lipinski definition) is 1. The van der Waals surface area contributed by atoms with Crippen LogP contribution >= 0.6 is 34.5 Å². The molecule has 1 aromatic carbocycles. The van der Waals surface area contributed by atoms with Crippen molar-refractivity contribution in [2.45, 2.75) is 20.8 Å². The number of nitrogens with zero attached hydrogens (tertiary/aromatic N) is 1. The average Bonchev–Trinajstić information content (AvgIpc) is 3.03. The van der Waals surface area contributed by atoms with Crippen LogP contribution in [0, 0.1) is 6.92 Å². The molecule has 2 amide bonds. The van der Waals surface area contributed by atoms with Crippen molar-refractivity contribution in [3.8, 4) is 0 Å². The van der Waals surface area contributed by atoms with Crippen LogP contribution in [0.2, 0.25) is 10.0 Å². The first-order valence-corrected chi connectivity index (χ1v) is 10.8. The lowest BCUT2D eigenvalue weighted by molar-refractivity contribution is -0.111. The van der Waals surface area contributed by atoms with Gasteiger partial charge < -0.3 is 15.0 Å². The van der Waals surface area contributed by atoms with Crippen LogP contribution in [-0.2, 0) is 9.53 Å². The first-order chi connectivity index (χ1) is 14.2. The van der Waals surface area contributed by atoms with E-state index < -0.39 is 11.9 Å². The molecule has 0 aliphatic heterocycles. The Hall–Kier alpha value is -2.35. The number of rotatable bonds is 7. The Balaban J connectivity index is 2.34. The zero-order valence-electron chi connectivity index (χ0n) is 17.0. The Bertz CT molecular complexity index is 997. The molecule has 6 nitrogen and oxygen atoms in total. The molecule has 0 radical (unpaired) electrons. The van der Waals surface area contributed by atoms with E-state index in [0.717, 1.165) is 11.3 Å². The Kier molecular flexibility index (Phi) is 8.46. The molecule has 2 rings (SSSR count). The lowest BCUT2D eigenvalue weighted by atomic mass is 10.1. The van der Waals surface area contributed by atoms with Crippen LogP contribution in [0.25, 0.3) is 6.08 Å². The molecule has 0 spiro atoms. The van der Waals surface area contributed by atoms with Crippen molar-refractivity contribution >= 4 is 63.4 Å². The molecule has 1 heterocycles. The molecule has 2 aromatic rings. The topological polar surface area (TPSA) is 75.7 Å². The summed E-state index contributed by atoms with van der Waals surface area (Å²) < 4.78 is 4.85. The fourth-order valence-corrected chi connectivity index (χ4v) is 4.40. The number of benzene rings is 1. The molecule has 160 valence electrons. The standard InChI is InChI=1S/C21H22Cl2N2O4S/c1-5-25(6-2)20(27)18-12(3)17(21(28)29-4)19(30-18)24-16(26)10-8-13-7-9-14(22)11-15(13)23/h7-11H,5-6H2,1-4H3,(H,24,26). The molecule has 1 aromatic heterocycles. The molecule has 0 aliphatic rings. The van der Waals surface area contributed by atoms with E-state index in [1.807, 2.05) is 13.8 Å². The van der Waals surface area contributed by atoms with Crippen LogP contribution in [-0.4, -0.2) is 42.9 Å². The van der Waals surface area contributed by atoms with Gasteiger partial charge in [0.2, 0.25) is 5.91 Å². The summed E-state index contributed by atoms with van der Waals surface area (Å²) >= 11 is 13.0. The first-order valence-electron chi connectivity index (χ1n) is 9.18. The number of thiophene rings is 1. The van der Waals surface area contributed by atoms with Crippen molar-refractivity contribution in [1.82, 2.24) is 4.90 Å². The van der Waals surface area contributed by atoms with Gasteiger partial charge in [-0.05, 0) is 50.1 Å². The molecule has 1 N–H and O–H groups in total. The maximum atomic E-state index is 12.8. The number of hydrogen-bond acceptors (Lipinski definition) is 5. The molecule has 0 atom stereocenters. The normalized spacial score (nSPS) is 10.9. The third-order valence-corrected chi connectivity index (χ3v) is 6.15. The van der Waals surface area contributed by atoms with E-state index in [2.05, 4.69) is 5.32 Å². The molecule has 0 bridgehead atoms. The highest BCUT2D eigenvalue weighted by molar-refractivity contribution is 7.18. The van der Waals surface area contributed by atoms with E-state index in [1.165, 1.54) is 19.3 Å². The number of carbonyl (C=O) groups excluding carboxylic acids is 3. The second-order valence-corrected chi connectivity index (χ2v) is 8.08. The summed E-state index contributed by atoms with van der Waals surface area (Å²) in [6.07, 6.45) is 2.82. The highest BCUT2D eigenvalue weighted by Gasteiger charge is 2.27. The summed E-state index contributed by atoms with van der Waals surface area (Å²) in [6.45, 7) is 6.49. The number of anilines is 1. The van der Waals surface area contributed by atoms with Gasteiger partial charge in [-0.2, -0.15) is 0 Å². The second kappa shape index (κ2) is 10.6. The lowest BCUT2D eigenvalue weighted by Gasteiger charge is -2.17. The first kappa shape index (κ1) is 23.9. The quantitative estimate of drug-likeness (QED) is 0.442. The van der Waals surface area contributed by atoms with E-state index in [1.54, 1.807) is 30.0 Å². The fraction of sp³-hybridized carbons (Fsp3) is 0.286. The van der Waals surface area contributed by atoms with Crippen molar-refractivity contribution in [2.24, 2.45) is 0 Å². The van der Waals surface area contributed by atoms with E-state index in [9.17, 15) is 14.4 Å². The molecule has 0 saturated carbocycles. The summed E-state index contributed by atoms with van der Waals surface area (Å²) in [6, 6.07) is 4.92. The summed E-state index contributed by atoms with van der Waals surface area (Å²) in [5, 5.41) is 3.82. The molecule has 0 fully saturated rings. The van der Waals surface area contributed by atoms with Gasteiger partial charge >= 0.3 is 5.97 Å². The minimum absolute atomic E-state index is 0.171. The number of methoxy groups -OCH3 is 1. The van der Waals surface area contributed by atoms with Crippen LogP contribution in [0.5, 0.6) is 0 Å². The monoisotopic (exact) mass is 468 g/mol. The van der Waals surface area contributed by atoms with Crippen molar-refractivity contribution in [2.75, 3.05) is 25.5 Å². The van der Waals surface area contributed by atoms with Gasteiger partial charge in [-0.3, -0.25) is 9.59 Å². The van der Waals surface area contributed by atoms with Gasteiger partial charge in [0.25, 0.3) is 5.91 Å². The summed E-state index contributed by atoms with van der Waals surface area (Å²) in [5.41, 5.74) is 1.26. The molecule has 9 heteroatoms. The number of ether oxygens (including phenoxy) is 1. The van der Waals surface area contributed by atoms with Gasteiger partial charge in [0.15, 0.2) is 0 Å². The van der Waals surface area contributed by atoms with Crippen LogP contribution < -0.4 is 5.32 Å². The smallest absolute Gasteiger partial charge is 0.341 e. The van der Waals surface area contributed by atoms with E-state index in [-0.39, 0.29) is 16.5 Å². The van der Waals surface area contributed by atoms with Crippen molar-refractivity contribution in [1.29, 1.82) is 0 Å². The molecular formula is C21H22Cl2N2O4S. The number of halogens is 2. The van der Waals surface area contributed by atoms with Gasteiger partial charge in [0.05, 0.1) is 17.6 Å². The lowest BCUT2D eigenvalue weighted by Crippen LogP contribution is -2.30. The highest BCUT2D eigenvalue weighted by Crippen LogP contribution is 2.34. The third-order valence-electron chi connectivity index (χ3n) is 4.39. The Morgan fingerprint density at radius 3 is 2.43 bits per heavy atom. The van der Waals surface area contributed by atoms with E-state index in [0.29, 0.717) is 39.1 Å². The predicted molar refractivity (Wildman–Crippen MR) is 122 cm³/mol. The van der Waals surface area contributed by atoms with Gasteiger partial charge in [0.1, 0.15) is 5.00 Å². The van der Waals surface area contributed by atoms with Crippen LogP contribution in [0.15, 0.2) is 24.3 Å². The Labute approximate surface area is 189 Å². The van der Waals surface area contributed by atoms with Gasteiger partial charge in [-0.15, -0.1) is 11.3 Å². The minimum atomic E-state index is -0.623. The van der Waals surface area contributed by atoms with E-state index in [4.69, 9.17) is 27.9 Å². The Morgan fingerprint density at radius 2 is 1.87 bits per heavy atom. The molecule has 0 unspecified atom stereocenters. The Morgan fingerprint density at radius 1 is 1.20 bits per heavy atom. The van der Waals surface area contributed by atoms with Crippen molar-refractivity contribution in [3.63, 3.8) is 0 Å². The molecular weight excluding hydrogens is 447 g/mol. The molecule has 30 heavy (non-hydrogen) atoms. The fourth-order valence-electron chi connectivity index (χ4n) is 2.76. The minimum Gasteiger partial charge on any atom is -0.465 e. The SMILES string of the molecule is CCN(CC)C(=O)c1sc(NC(=O)C=Cc2ccc(Cl)cc2Cl)c(C(=O)OC)c1C. The number of nitrogens with one attached hydrogen (secondary N) is 1. The van der Waals surface area contributed by atoms with Crippen LogP contribution in [0.1, 0.15) is 45.0 Å². The second-order valence-electron chi connectivity index (χ2n) is 6.22. The van der Waals surface area contributed by atoms with Crippen molar-refractivity contribution in [3.05, 3.63) is 55.9 Å². The zero-order valence-corrected chi connectivity index (χ0v) is 19.4. The predicted octanol–water partition coefficient (Wildman–Crippen LogP) is 5.28. The van der Waals surface area contributed by atoms with Gasteiger partial charge in [0, 0.05) is 29.2 Å². The van der Waals surface area contributed by atoms with Gasteiger partial charge in [-0.25, -0.2) is 4.79 Å². The summed E-state index contributed by atoms with van der Waals surface area (Å²) in [5.74, 6) is -1.30. The largest absolute Gasteiger partial charge is 0.465 e. The summed E-state index contributed by atoms with van der Waals surface area (Å²) in [7, 11) is 1.25. The molecule has 0 aliphatic carbocycles. The number of amides is 2.